The van der Waals surface area contributed by atoms with E-state index in [1.165, 1.54) is 6.07 Å². The smallest absolute Gasteiger partial charge is 0.433 e. The van der Waals surface area contributed by atoms with Gasteiger partial charge in [0.2, 0.25) is 0 Å². The molecule has 0 atom stereocenters. The number of halogens is 4. The second-order valence-corrected chi connectivity index (χ2v) is 9.67. The van der Waals surface area contributed by atoms with E-state index in [4.69, 9.17) is 22.1 Å². The topological polar surface area (TPSA) is 85.5 Å². The van der Waals surface area contributed by atoms with E-state index in [0.717, 1.165) is 17.4 Å². The predicted octanol–water partition coefficient (Wildman–Crippen LogP) is 5.19. The van der Waals surface area contributed by atoms with Crippen LogP contribution in [0.5, 0.6) is 5.75 Å². The highest BCUT2D eigenvalue weighted by Gasteiger charge is 2.44. The third-order valence-corrected chi connectivity index (χ3v) is 7.26. The van der Waals surface area contributed by atoms with E-state index in [2.05, 4.69) is 4.98 Å². The number of ether oxygens (including phenoxy) is 1. The van der Waals surface area contributed by atoms with Gasteiger partial charge in [-0.3, -0.25) is 9.59 Å². The molecule has 1 spiro atoms. The maximum absolute atomic E-state index is 13.2. The predicted molar refractivity (Wildman–Crippen MR) is 118 cm³/mol. The van der Waals surface area contributed by atoms with E-state index < -0.39 is 17.5 Å². The number of nitrogens with two attached hydrogens (primary N) is 1. The molecule has 2 aromatic heterocycles. The van der Waals surface area contributed by atoms with Crippen molar-refractivity contribution in [2.24, 2.45) is 0 Å². The Kier molecular flexibility index (Phi) is 5.06. The van der Waals surface area contributed by atoms with Crippen molar-refractivity contribution in [3.8, 4) is 5.75 Å². The molecule has 1 fully saturated rings. The number of hydrogen-bond donors (Lipinski definition) is 1. The highest BCUT2D eigenvalue weighted by atomic mass is 35.5. The highest BCUT2D eigenvalue weighted by molar-refractivity contribution is 7.22. The summed E-state index contributed by atoms with van der Waals surface area (Å²) >= 11 is 6.84. The van der Waals surface area contributed by atoms with Crippen LogP contribution in [-0.2, 0) is 6.18 Å². The number of likely N-dealkylation sites (tertiary alicyclic amines) is 1. The Morgan fingerprint density at radius 3 is 2.64 bits per heavy atom. The summed E-state index contributed by atoms with van der Waals surface area (Å²) in [4.78, 5) is 31.2. The molecule has 6 nitrogen and oxygen atoms in total. The number of fused-ring (bicyclic) bond motifs is 2. The molecule has 1 aromatic carbocycles. The number of carbonyl (C=O) groups excluding carboxylic acids is 2. The SMILES string of the molecule is Nc1sc2nc(C(F)(F)F)ccc2c1C(=O)N1CCC2(CC1)CC(=O)c1cc(Cl)ccc1O2. The first kappa shape index (κ1) is 22.0. The zero-order chi connectivity index (χ0) is 23.5. The number of alkyl halides is 3. The van der Waals surface area contributed by atoms with Gasteiger partial charge in [-0.15, -0.1) is 0 Å². The summed E-state index contributed by atoms with van der Waals surface area (Å²) < 4.78 is 45.1. The third kappa shape index (κ3) is 3.80. The summed E-state index contributed by atoms with van der Waals surface area (Å²) in [7, 11) is 0. The first-order valence-corrected chi connectivity index (χ1v) is 11.3. The second kappa shape index (κ2) is 7.59. The molecule has 0 unspecified atom stereocenters. The molecule has 172 valence electrons. The van der Waals surface area contributed by atoms with Gasteiger partial charge in [0.25, 0.3) is 5.91 Å². The average Bonchev–Trinajstić information content (AvgIpc) is 3.09. The lowest BCUT2D eigenvalue weighted by molar-refractivity contribution is -0.140. The van der Waals surface area contributed by atoms with Crippen molar-refractivity contribution in [3.05, 3.63) is 52.2 Å². The summed E-state index contributed by atoms with van der Waals surface area (Å²) in [5.41, 5.74) is 4.88. The van der Waals surface area contributed by atoms with E-state index in [9.17, 15) is 22.8 Å². The Bertz CT molecular complexity index is 1300. The number of pyridine rings is 1. The molecule has 33 heavy (non-hydrogen) atoms. The van der Waals surface area contributed by atoms with Crippen LogP contribution in [0.3, 0.4) is 0 Å². The number of Topliss-reactive ketones (excluding diaryl/α,β-unsaturated/α-hetero) is 1. The molecular weight excluding hydrogens is 479 g/mol. The highest BCUT2D eigenvalue weighted by Crippen LogP contribution is 2.41. The number of thiophene rings is 1. The lowest BCUT2D eigenvalue weighted by atomic mass is 9.82. The number of amides is 1. The van der Waals surface area contributed by atoms with Crippen LogP contribution < -0.4 is 10.5 Å². The van der Waals surface area contributed by atoms with Crippen LogP contribution in [-0.4, -0.2) is 40.3 Å². The molecular formula is C22H17ClF3N3O3S. The molecule has 11 heteroatoms. The second-order valence-electron chi connectivity index (χ2n) is 8.21. The minimum absolute atomic E-state index is 0.0573. The number of piperidine rings is 1. The van der Waals surface area contributed by atoms with Crippen LogP contribution >= 0.6 is 22.9 Å². The number of aromatic nitrogens is 1. The molecule has 0 bridgehead atoms. The normalized spacial score (nSPS) is 17.8. The Morgan fingerprint density at radius 1 is 1.21 bits per heavy atom. The van der Waals surface area contributed by atoms with Crippen molar-refractivity contribution in [1.82, 2.24) is 9.88 Å². The molecule has 2 aliphatic heterocycles. The zero-order valence-corrected chi connectivity index (χ0v) is 18.6. The maximum Gasteiger partial charge on any atom is 0.433 e. The average molecular weight is 496 g/mol. The number of benzene rings is 1. The molecule has 2 N–H and O–H groups in total. The van der Waals surface area contributed by atoms with Crippen LogP contribution in [0.1, 0.15) is 45.7 Å². The minimum Gasteiger partial charge on any atom is -0.486 e. The number of hydrogen-bond acceptors (Lipinski definition) is 6. The van der Waals surface area contributed by atoms with Crippen molar-refractivity contribution in [2.45, 2.75) is 31.0 Å². The minimum atomic E-state index is -4.58. The van der Waals surface area contributed by atoms with Gasteiger partial charge >= 0.3 is 6.18 Å². The number of anilines is 1. The fraction of sp³-hybridized carbons (Fsp3) is 0.318. The molecule has 0 aliphatic carbocycles. The number of ketones is 1. The summed E-state index contributed by atoms with van der Waals surface area (Å²) in [5, 5.41) is 0.877. The van der Waals surface area contributed by atoms with Gasteiger partial charge in [-0.05, 0) is 30.3 Å². The van der Waals surface area contributed by atoms with Crippen LogP contribution in [0, 0.1) is 0 Å². The van der Waals surface area contributed by atoms with E-state index in [-0.39, 0.29) is 33.5 Å². The van der Waals surface area contributed by atoms with Gasteiger partial charge < -0.3 is 15.4 Å². The molecule has 3 aromatic rings. The summed E-state index contributed by atoms with van der Waals surface area (Å²) in [6.07, 6.45) is -3.52. The van der Waals surface area contributed by atoms with Crippen molar-refractivity contribution in [2.75, 3.05) is 18.8 Å². The molecule has 1 amide bonds. The van der Waals surface area contributed by atoms with Gasteiger partial charge in [-0.25, -0.2) is 4.98 Å². The summed E-state index contributed by atoms with van der Waals surface area (Å²) in [6, 6.07) is 7.01. The van der Waals surface area contributed by atoms with Crippen LogP contribution in [0.15, 0.2) is 30.3 Å². The van der Waals surface area contributed by atoms with Gasteiger partial charge in [0.15, 0.2) is 5.78 Å². The first-order chi connectivity index (χ1) is 15.6. The third-order valence-electron chi connectivity index (χ3n) is 6.10. The van der Waals surface area contributed by atoms with E-state index >= 15 is 0 Å². The van der Waals surface area contributed by atoms with Crippen molar-refractivity contribution < 1.29 is 27.5 Å². The van der Waals surface area contributed by atoms with Crippen LogP contribution in [0.25, 0.3) is 10.2 Å². The molecule has 1 saturated heterocycles. The van der Waals surface area contributed by atoms with Gasteiger partial charge in [-0.2, -0.15) is 13.2 Å². The lowest BCUT2D eigenvalue weighted by Crippen LogP contribution is -2.52. The monoisotopic (exact) mass is 495 g/mol. The molecule has 4 heterocycles. The quantitative estimate of drug-likeness (QED) is 0.502. The van der Waals surface area contributed by atoms with Gasteiger partial charge in [0.05, 0.1) is 17.5 Å². The number of nitrogen functional groups attached to an aromatic ring is 1. The van der Waals surface area contributed by atoms with Gasteiger partial charge in [-0.1, -0.05) is 22.9 Å². The molecule has 5 rings (SSSR count). The van der Waals surface area contributed by atoms with E-state index in [0.29, 0.717) is 47.7 Å². The van der Waals surface area contributed by atoms with Gasteiger partial charge in [0.1, 0.15) is 26.9 Å². The van der Waals surface area contributed by atoms with Crippen molar-refractivity contribution in [1.29, 1.82) is 0 Å². The Morgan fingerprint density at radius 2 is 1.94 bits per heavy atom. The number of nitrogens with zero attached hydrogens (tertiary/aromatic N) is 2. The fourth-order valence-corrected chi connectivity index (χ4v) is 5.50. The van der Waals surface area contributed by atoms with E-state index in [1.807, 2.05) is 0 Å². The molecule has 0 radical (unpaired) electrons. The Labute approximate surface area is 195 Å². The summed E-state index contributed by atoms with van der Waals surface area (Å²) in [6.45, 7) is 0.639. The Hall–Kier alpha value is -2.85. The van der Waals surface area contributed by atoms with Crippen LogP contribution in [0.4, 0.5) is 18.2 Å². The largest absolute Gasteiger partial charge is 0.486 e. The van der Waals surface area contributed by atoms with Crippen molar-refractivity contribution >= 4 is 49.8 Å². The molecule has 0 saturated carbocycles. The van der Waals surface area contributed by atoms with E-state index in [1.54, 1.807) is 23.1 Å². The zero-order valence-electron chi connectivity index (χ0n) is 17.0. The van der Waals surface area contributed by atoms with Crippen molar-refractivity contribution in [3.63, 3.8) is 0 Å². The standard InChI is InChI=1S/C22H17ClF3N3O3S/c23-11-1-3-15-13(9-11)14(30)10-21(32-15)5-7-29(8-6-21)20(31)17-12-2-4-16(22(24,25)26)28-19(12)33-18(17)27/h1-4,9H,5-8,10,27H2. The first-order valence-electron chi connectivity index (χ1n) is 10.1. The fourth-order valence-electron chi connectivity index (χ4n) is 4.40. The molecule has 2 aliphatic rings. The maximum atomic E-state index is 13.2. The lowest BCUT2D eigenvalue weighted by Gasteiger charge is -2.44. The number of rotatable bonds is 1. The van der Waals surface area contributed by atoms with Crippen LogP contribution in [0.2, 0.25) is 5.02 Å². The van der Waals surface area contributed by atoms with Gasteiger partial charge in [0, 0.05) is 36.3 Å². The summed E-state index contributed by atoms with van der Waals surface area (Å²) in [5.74, 6) is 0.0534. The number of carbonyl (C=O) groups is 2. The Balaban J connectivity index is 1.36.